The highest BCUT2D eigenvalue weighted by atomic mass is 32.2. The largest absolute Gasteiger partial charge is 0.338 e. The predicted molar refractivity (Wildman–Crippen MR) is 110 cm³/mol. The predicted octanol–water partition coefficient (Wildman–Crippen LogP) is 3.90. The minimum Gasteiger partial charge on any atom is -0.338 e. The number of sulfonamides is 1. The van der Waals surface area contributed by atoms with Crippen molar-refractivity contribution in [1.82, 2.24) is 9.21 Å². The van der Waals surface area contributed by atoms with E-state index in [1.165, 1.54) is 25.7 Å². The van der Waals surface area contributed by atoms with Gasteiger partial charge in [0.25, 0.3) is 5.91 Å². The summed E-state index contributed by atoms with van der Waals surface area (Å²) >= 11 is 0. The lowest BCUT2D eigenvalue weighted by molar-refractivity contribution is 0.0521. The second-order valence-electron chi connectivity index (χ2n) is 8.69. The Bertz CT molecular complexity index is 783. The van der Waals surface area contributed by atoms with E-state index in [0.717, 1.165) is 51.1 Å². The molecule has 1 saturated carbocycles. The number of amides is 1. The van der Waals surface area contributed by atoms with Gasteiger partial charge in [0.15, 0.2) is 0 Å². The number of rotatable bonds is 3. The molecule has 2 saturated heterocycles. The lowest BCUT2D eigenvalue weighted by Gasteiger charge is -2.41. The van der Waals surface area contributed by atoms with Crippen LogP contribution >= 0.6 is 0 Å². The SMILES string of the molecule is O=C(c1ccc(S(=O)(=O)N2CCCCCC2)cc1)N1CC[C@@H]2CCCC[C@H]2C1. The van der Waals surface area contributed by atoms with Crippen molar-refractivity contribution in [2.45, 2.75) is 62.7 Å². The number of hydrogen-bond donors (Lipinski definition) is 0. The van der Waals surface area contributed by atoms with E-state index >= 15 is 0 Å². The van der Waals surface area contributed by atoms with E-state index in [-0.39, 0.29) is 5.91 Å². The number of carbonyl (C=O) groups excluding carboxylic acids is 1. The molecule has 0 bridgehead atoms. The van der Waals surface area contributed by atoms with Gasteiger partial charge in [-0.25, -0.2) is 8.42 Å². The molecule has 0 spiro atoms. The zero-order chi connectivity index (χ0) is 19.6. The van der Waals surface area contributed by atoms with Crippen molar-refractivity contribution in [3.05, 3.63) is 29.8 Å². The summed E-state index contributed by atoms with van der Waals surface area (Å²) in [5.41, 5.74) is 0.601. The number of carbonyl (C=O) groups is 1. The number of fused-ring (bicyclic) bond motifs is 1. The fourth-order valence-corrected chi connectivity index (χ4v) is 6.69. The molecular weight excluding hydrogens is 372 g/mol. The van der Waals surface area contributed by atoms with Crippen LogP contribution in [0.2, 0.25) is 0 Å². The molecule has 0 unspecified atom stereocenters. The third kappa shape index (κ3) is 4.13. The van der Waals surface area contributed by atoms with Gasteiger partial charge in [-0.05, 0) is 61.8 Å². The molecule has 1 aromatic rings. The Labute approximate surface area is 169 Å². The molecule has 1 aliphatic carbocycles. The van der Waals surface area contributed by atoms with Crippen molar-refractivity contribution in [2.75, 3.05) is 26.2 Å². The van der Waals surface area contributed by atoms with Crippen molar-refractivity contribution in [3.63, 3.8) is 0 Å². The second kappa shape index (κ2) is 8.54. The molecule has 154 valence electrons. The van der Waals surface area contributed by atoms with Gasteiger partial charge in [0.05, 0.1) is 4.90 Å². The van der Waals surface area contributed by atoms with E-state index < -0.39 is 10.0 Å². The quantitative estimate of drug-likeness (QED) is 0.768. The van der Waals surface area contributed by atoms with E-state index in [0.29, 0.717) is 29.5 Å². The maximum atomic E-state index is 12.9. The number of nitrogens with zero attached hydrogens (tertiary/aromatic N) is 2. The summed E-state index contributed by atoms with van der Waals surface area (Å²) in [5, 5.41) is 0. The first-order chi connectivity index (χ1) is 13.6. The zero-order valence-electron chi connectivity index (χ0n) is 16.7. The molecule has 2 heterocycles. The van der Waals surface area contributed by atoms with Gasteiger partial charge in [0.2, 0.25) is 10.0 Å². The van der Waals surface area contributed by atoms with Gasteiger partial charge in [0, 0.05) is 31.7 Å². The van der Waals surface area contributed by atoms with Crippen LogP contribution in [0.3, 0.4) is 0 Å². The van der Waals surface area contributed by atoms with Crippen molar-refractivity contribution in [3.8, 4) is 0 Å². The van der Waals surface area contributed by atoms with Gasteiger partial charge in [-0.15, -0.1) is 0 Å². The van der Waals surface area contributed by atoms with E-state index in [1.54, 1.807) is 28.6 Å². The molecule has 3 fully saturated rings. The summed E-state index contributed by atoms with van der Waals surface area (Å²) in [6.45, 7) is 2.88. The highest BCUT2D eigenvalue weighted by Gasteiger charge is 2.33. The zero-order valence-corrected chi connectivity index (χ0v) is 17.5. The normalized spacial score (nSPS) is 27.1. The fourth-order valence-electron chi connectivity index (χ4n) is 5.17. The van der Waals surface area contributed by atoms with Crippen molar-refractivity contribution < 1.29 is 13.2 Å². The molecule has 1 amide bonds. The molecule has 0 aromatic heterocycles. The third-order valence-corrected chi connectivity index (χ3v) is 8.80. The fraction of sp³-hybridized carbons (Fsp3) is 0.682. The van der Waals surface area contributed by atoms with Crippen LogP contribution in [0.4, 0.5) is 0 Å². The van der Waals surface area contributed by atoms with Gasteiger partial charge < -0.3 is 4.90 Å². The maximum absolute atomic E-state index is 12.9. The van der Waals surface area contributed by atoms with Crippen LogP contribution in [0.15, 0.2) is 29.2 Å². The van der Waals surface area contributed by atoms with Crippen LogP contribution in [0, 0.1) is 11.8 Å². The number of piperidine rings is 1. The lowest BCUT2D eigenvalue weighted by atomic mass is 9.75. The van der Waals surface area contributed by atoms with Gasteiger partial charge in [0.1, 0.15) is 0 Å². The summed E-state index contributed by atoms with van der Waals surface area (Å²) < 4.78 is 27.4. The second-order valence-corrected chi connectivity index (χ2v) is 10.6. The van der Waals surface area contributed by atoms with Crippen molar-refractivity contribution in [2.24, 2.45) is 11.8 Å². The molecule has 4 rings (SSSR count). The Balaban J connectivity index is 1.44. The summed E-state index contributed by atoms with van der Waals surface area (Å²) in [7, 11) is -3.46. The standard InChI is InChI=1S/C22H32N2O3S/c25-22(23-16-13-18-7-3-4-8-20(18)17-23)19-9-11-21(12-10-19)28(26,27)24-14-5-1-2-6-15-24/h9-12,18,20H,1-8,13-17H2/t18-,20-/m0/s1. The summed E-state index contributed by atoms with van der Waals surface area (Å²) in [4.78, 5) is 15.2. The Morgan fingerprint density at radius 2 is 1.43 bits per heavy atom. The summed E-state index contributed by atoms with van der Waals surface area (Å²) in [5.74, 6) is 1.48. The maximum Gasteiger partial charge on any atom is 0.253 e. The molecule has 2 aliphatic heterocycles. The van der Waals surface area contributed by atoms with Crippen LogP contribution < -0.4 is 0 Å². The highest BCUT2D eigenvalue weighted by Crippen LogP contribution is 2.36. The number of likely N-dealkylation sites (tertiary alicyclic amines) is 1. The summed E-state index contributed by atoms with van der Waals surface area (Å²) in [6, 6.07) is 6.61. The topological polar surface area (TPSA) is 57.7 Å². The van der Waals surface area contributed by atoms with E-state index in [2.05, 4.69) is 0 Å². The molecule has 0 radical (unpaired) electrons. The average molecular weight is 405 g/mol. The van der Waals surface area contributed by atoms with Gasteiger partial charge >= 0.3 is 0 Å². The molecule has 28 heavy (non-hydrogen) atoms. The van der Waals surface area contributed by atoms with E-state index in [4.69, 9.17) is 0 Å². The van der Waals surface area contributed by atoms with Gasteiger partial charge in [-0.2, -0.15) is 4.31 Å². The first kappa shape index (κ1) is 19.9. The Morgan fingerprint density at radius 3 is 2.11 bits per heavy atom. The molecule has 6 heteroatoms. The number of hydrogen-bond acceptors (Lipinski definition) is 3. The van der Waals surface area contributed by atoms with Crippen LogP contribution in [0.1, 0.15) is 68.1 Å². The van der Waals surface area contributed by atoms with Gasteiger partial charge in [-0.3, -0.25) is 4.79 Å². The average Bonchev–Trinajstić information content (AvgIpc) is 3.03. The first-order valence-electron chi connectivity index (χ1n) is 11.0. The van der Waals surface area contributed by atoms with Crippen LogP contribution in [-0.2, 0) is 10.0 Å². The molecule has 1 aromatic carbocycles. The molecule has 3 aliphatic rings. The summed E-state index contributed by atoms with van der Waals surface area (Å²) in [6.07, 6.45) is 10.3. The minimum absolute atomic E-state index is 0.0442. The van der Waals surface area contributed by atoms with E-state index in [1.807, 2.05) is 4.90 Å². The van der Waals surface area contributed by atoms with Crippen LogP contribution in [0.25, 0.3) is 0 Å². The van der Waals surface area contributed by atoms with E-state index in [9.17, 15) is 13.2 Å². The van der Waals surface area contributed by atoms with Crippen LogP contribution in [0.5, 0.6) is 0 Å². The lowest BCUT2D eigenvalue weighted by Crippen LogP contribution is -2.44. The first-order valence-corrected chi connectivity index (χ1v) is 12.4. The Kier molecular flexibility index (Phi) is 6.07. The third-order valence-electron chi connectivity index (χ3n) is 6.88. The highest BCUT2D eigenvalue weighted by molar-refractivity contribution is 7.89. The van der Waals surface area contributed by atoms with Crippen molar-refractivity contribution >= 4 is 15.9 Å². The monoisotopic (exact) mass is 404 g/mol. The Morgan fingerprint density at radius 1 is 0.786 bits per heavy atom. The minimum atomic E-state index is -3.46. The molecular formula is C22H32N2O3S. The Hall–Kier alpha value is -1.40. The van der Waals surface area contributed by atoms with Gasteiger partial charge in [-0.1, -0.05) is 32.1 Å². The smallest absolute Gasteiger partial charge is 0.253 e. The number of benzene rings is 1. The molecule has 2 atom stereocenters. The van der Waals surface area contributed by atoms with Crippen LogP contribution in [-0.4, -0.2) is 49.7 Å². The molecule has 0 N–H and O–H groups in total. The molecule has 5 nitrogen and oxygen atoms in total. The van der Waals surface area contributed by atoms with Crippen molar-refractivity contribution in [1.29, 1.82) is 0 Å².